The molecule has 1 aliphatic rings. The number of ether oxygens (including phenoxy) is 1. The van der Waals surface area contributed by atoms with E-state index in [-0.39, 0.29) is 0 Å². The molecule has 1 saturated heterocycles. The van der Waals surface area contributed by atoms with Crippen LogP contribution in [-0.2, 0) is 4.74 Å². The van der Waals surface area contributed by atoms with E-state index in [0.29, 0.717) is 6.04 Å². The molecule has 1 aromatic heterocycles. The van der Waals surface area contributed by atoms with Gasteiger partial charge in [0, 0.05) is 19.0 Å². The van der Waals surface area contributed by atoms with Crippen molar-refractivity contribution in [3.05, 3.63) is 18.2 Å². The number of rotatable bonds is 1. The van der Waals surface area contributed by atoms with Crippen molar-refractivity contribution < 1.29 is 4.74 Å². The van der Waals surface area contributed by atoms with E-state index >= 15 is 0 Å². The maximum Gasteiger partial charge on any atom is 0.105 e. The normalized spacial score (nSPS) is 24.2. The zero-order valence-electron chi connectivity index (χ0n) is 7.36. The van der Waals surface area contributed by atoms with E-state index < -0.39 is 0 Å². The van der Waals surface area contributed by atoms with Crippen molar-refractivity contribution in [1.82, 2.24) is 9.55 Å². The van der Waals surface area contributed by atoms with Gasteiger partial charge < -0.3 is 9.30 Å². The molecule has 3 nitrogen and oxygen atoms in total. The molecule has 3 heteroatoms. The Morgan fingerprint density at radius 3 is 3.17 bits per heavy atom. The van der Waals surface area contributed by atoms with Crippen molar-refractivity contribution in [2.75, 3.05) is 13.2 Å². The highest BCUT2D eigenvalue weighted by Crippen LogP contribution is 2.19. The lowest BCUT2D eigenvalue weighted by Gasteiger charge is -2.24. The molecule has 1 atom stereocenters. The van der Waals surface area contributed by atoms with Crippen LogP contribution in [0.15, 0.2) is 12.4 Å². The van der Waals surface area contributed by atoms with Gasteiger partial charge in [-0.1, -0.05) is 0 Å². The first-order valence-corrected chi connectivity index (χ1v) is 4.45. The lowest BCUT2D eigenvalue weighted by atomic mass is 10.1. The molecule has 0 radical (unpaired) electrons. The van der Waals surface area contributed by atoms with Crippen LogP contribution in [0.25, 0.3) is 0 Å². The van der Waals surface area contributed by atoms with Gasteiger partial charge in [0.1, 0.15) is 5.82 Å². The molecule has 1 unspecified atom stereocenters. The molecule has 12 heavy (non-hydrogen) atoms. The number of aromatic nitrogens is 2. The molecule has 0 bridgehead atoms. The summed E-state index contributed by atoms with van der Waals surface area (Å²) in [6.45, 7) is 3.80. The van der Waals surface area contributed by atoms with E-state index in [9.17, 15) is 0 Å². The third-order valence-electron chi connectivity index (χ3n) is 2.39. The van der Waals surface area contributed by atoms with E-state index in [1.165, 1.54) is 12.8 Å². The molecule has 66 valence electrons. The number of nitrogens with zero attached hydrogens (tertiary/aromatic N) is 2. The molecule has 2 heterocycles. The summed E-state index contributed by atoms with van der Waals surface area (Å²) < 4.78 is 7.62. The third kappa shape index (κ3) is 1.37. The minimum absolute atomic E-state index is 0.515. The smallest absolute Gasteiger partial charge is 0.105 e. The van der Waals surface area contributed by atoms with Crippen LogP contribution in [0.3, 0.4) is 0 Å². The maximum atomic E-state index is 5.41. The van der Waals surface area contributed by atoms with Crippen molar-refractivity contribution in [2.45, 2.75) is 25.8 Å². The Labute approximate surface area is 72.4 Å². The van der Waals surface area contributed by atoms with Gasteiger partial charge in [0.25, 0.3) is 0 Å². The highest BCUT2D eigenvalue weighted by molar-refractivity contribution is 4.92. The zero-order valence-corrected chi connectivity index (χ0v) is 7.36. The second-order valence-electron chi connectivity index (χ2n) is 3.25. The minimum Gasteiger partial charge on any atom is -0.379 e. The van der Waals surface area contributed by atoms with Gasteiger partial charge in [-0.3, -0.25) is 0 Å². The van der Waals surface area contributed by atoms with Gasteiger partial charge in [0.2, 0.25) is 0 Å². The Hall–Kier alpha value is -0.830. The van der Waals surface area contributed by atoms with Crippen LogP contribution in [-0.4, -0.2) is 22.8 Å². The Bertz CT molecular complexity index is 251. The summed E-state index contributed by atoms with van der Waals surface area (Å²) in [4.78, 5) is 4.20. The fraction of sp³-hybridized carbons (Fsp3) is 0.667. The molecule has 0 amide bonds. The van der Waals surface area contributed by atoms with Crippen LogP contribution < -0.4 is 0 Å². The molecular weight excluding hydrogens is 152 g/mol. The van der Waals surface area contributed by atoms with Crippen molar-refractivity contribution in [2.24, 2.45) is 0 Å². The van der Waals surface area contributed by atoms with E-state index in [2.05, 4.69) is 9.55 Å². The topological polar surface area (TPSA) is 27.1 Å². The minimum atomic E-state index is 0.515. The molecule has 1 fully saturated rings. The second-order valence-corrected chi connectivity index (χ2v) is 3.25. The molecule has 1 aromatic rings. The van der Waals surface area contributed by atoms with E-state index in [1.54, 1.807) is 0 Å². The highest BCUT2D eigenvalue weighted by atomic mass is 16.5. The molecule has 0 aromatic carbocycles. The van der Waals surface area contributed by atoms with Crippen LogP contribution in [0.1, 0.15) is 24.7 Å². The predicted molar refractivity (Wildman–Crippen MR) is 46.1 cm³/mol. The largest absolute Gasteiger partial charge is 0.379 e. The van der Waals surface area contributed by atoms with Crippen LogP contribution in [0.5, 0.6) is 0 Å². The van der Waals surface area contributed by atoms with Gasteiger partial charge in [-0.2, -0.15) is 0 Å². The molecule has 2 rings (SSSR count). The van der Waals surface area contributed by atoms with E-state index in [0.717, 1.165) is 19.0 Å². The fourth-order valence-electron chi connectivity index (χ4n) is 1.72. The third-order valence-corrected chi connectivity index (χ3v) is 2.39. The van der Waals surface area contributed by atoms with Gasteiger partial charge in [-0.25, -0.2) is 4.98 Å². The van der Waals surface area contributed by atoms with Crippen molar-refractivity contribution in [1.29, 1.82) is 0 Å². The Kier molecular flexibility index (Phi) is 2.13. The Morgan fingerprint density at radius 1 is 1.67 bits per heavy atom. The lowest BCUT2D eigenvalue weighted by Crippen LogP contribution is -2.21. The highest BCUT2D eigenvalue weighted by Gasteiger charge is 2.16. The van der Waals surface area contributed by atoms with Gasteiger partial charge in [-0.15, -0.1) is 0 Å². The maximum absolute atomic E-state index is 5.41. The number of hydrogen-bond donors (Lipinski definition) is 0. The fourth-order valence-corrected chi connectivity index (χ4v) is 1.72. The first-order valence-electron chi connectivity index (χ1n) is 4.45. The van der Waals surface area contributed by atoms with Crippen LogP contribution >= 0.6 is 0 Å². The van der Waals surface area contributed by atoms with Gasteiger partial charge in [0.15, 0.2) is 0 Å². The molecule has 0 saturated carbocycles. The average Bonchev–Trinajstić information content (AvgIpc) is 2.53. The first-order chi connectivity index (χ1) is 5.88. The van der Waals surface area contributed by atoms with Crippen molar-refractivity contribution in [3.8, 4) is 0 Å². The zero-order chi connectivity index (χ0) is 8.39. The number of aryl methyl sites for hydroxylation is 1. The summed E-state index contributed by atoms with van der Waals surface area (Å²) in [5.41, 5.74) is 0. The summed E-state index contributed by atoms with van der Waals surface area (Å²) in [7, 11) is 0. The SMILES string of the molecule is Cc1nccn1C1CCCOC1. The lowest BCUT2D eigenvalue weighted by molar-refractivity contribution is 0.0585. The first kappa shape index (κ1) is 7.80. The summed E-state index contributed by atoms with van der Waals surface area (Å²) in [6, 6.07) is 0.515. The monoisotopic (exact) mass is 166 g/mol. The summed E-state index contributed by atoms with van der Waals surface area (Å²) in [5, 5.41) is 0. The van der Waals surface area contributed by atoms with Gasteiger partial charge in [-0.05, 0) is 19.8 Å². The molecule has 1 aliphatic heterocycles. The summed E-state index contributed by atoms with van der Waals surface area (Å²) in [6.07, 6.45) is 6.28. The standard InChI is InChI=1S/C9H14N2O/c1-8-10-4-5-11(8)9-3-2-6-12-7-9/h4-5,9H,2-3,6-7H2,1H3. The predicted octanol–water partition coefficient (Wildman–Crippen LogP) is 1.54. The summed E-state index contributed by atoms with van der Waals surface area (Å²) >= 11 is 0. The Morgan fingerprint density at radius 2 is 2.58 bits per heavy atom. The van der Waals surface area contributed by atoms with Crippen LogP contribution in [0.2, 0.25) is 0 Å². The van der Waals surface area contributed by atoms with Crippen LogP contribution in [0.4, 0.5) is 0 Å². The van der Waals surface area contributed by atoms with Gasteiger partial charge in [0.05, 0.1) is 12.6 Å². The molecular formula is C9H14N2O. The Balaban J connectivity index is 2.13. The van der Waals surface area contributed by atoms with Crippen molar-refractivity contribution >= 4 is 0 Å². The molecule has 0 N–H and O–H groups in total. The van der Waals surface area contributed by atoms with E-state index in [1.807, 2.05) is 19.3 Å². The van der Waals surface area contributed by atoms with Crippen LogP contribution in [0, 0.1) is 6.92 Å². The number of imidazole rings is 1. The van der Waals surface area contributed by atoms with E-state index in [4.69, 9.17) is 4.74 Å². The molecule has 0 aliphatic carbocycles. The van der Waals surface area contributed by atoms with Gasteiger partial charge >= 0.3 is 0 Å². The van der Waals surface area contributed by atoms with Crippen molar-refractivity contribution in [3.63, 3.8) is 0 Å². The summed E-state index contributed by atoms with van der Waals surface area (Å²) in [5.74, 6) is 1.09. The second kappa shape index (κ2) is 3.27. The quantitative estimate of drug-likeness (QED) is 0.632. The molecule has 0 spiro atoms. The average molecular weight is 166 g/mol. The number of hydrogen-bond acceptors (Lipinski definition) is 2.